The largest absolute Gasteiger partial charge is 0.475 e. The molecule has 8 nitrogen and oxygen atoms in total. The maximum absolute atomic E-state index is 12.1. The maximum atomic E-state index is 12.1. The number of aromatic nitrogens is 2. The summed E-state index contributed by atoms with van der Waals surface area (Å²) in [6.07, 6.45) is 0. The minimum Gasteiger partial charge on any atom is -0.475 e. The number of nitrogens with zero attached hydrogens (tertiary/aromatic N) is 3. The third-order valence-electron chi connectivity index (χ3n) is 3.46. The lowest BCUT2D eigenvalue weighted by Gasteiger charge is -2.07. The first-order valence-electron chi connectivity index (χ1n) is 7.77. The molecule has 1 aromatic carbocycles. The van der Waals surface area contributed by atoms with Crippen LogP contribution in [0.15, 0.2) is 47.8 Å². The number of nitro benzene ring substituents is 1. The van der Waals surface area contributed by atoms with Crippen LogP contribution in [-0.2, 0) is 0 Å². The number of hydrogen-bond acceptors (Lipinski definition) is 7. The first-order valence-corrected chi connectivity index (χ1v) is 9.03. The zero-order valence-corrected chi connectivity index (χ0v) is 15.4. The molecule has 27 heavy (non-hydrogen) atoms. The van der Waals surface area contributed by atoms with Crippen molar-refractivity contribution in [3.8, 4) is 16.5 Å². The van der Waals surface area contributed by atoms with E-state index >= 15 is 0 Å². The van der Waals surface area contributed by atoms with Crippen molar-refractivity contribution in [2.24, 2.45) is 0 Å². The normalized spacial score (nSPS) is 10.4. The molecule has 0 unspecified atom stereocenters. The van der Waals surface area contributed by atoms with Gasteiger partial charge in [-0.1, -0.05) is 17.7 Å². The van der Waals surface area contributed by atoms with Crippen molar-refractivity contribution in [2.75, 3.05) is 13.2 Å². The van der Waals surface area contributed by atoms with Gasteiger partial charge in [0, 0.05) is 17.7 Å². The van der Waals surface area contributed by atoms with Crippen LogP contribution in [0.3, 0.4) is 0 Å². The molecule has 1 N–H and O–H groups in total. The second-order valence-corrected chi connectivity index (χ2v) is 6.62. The zero-order chi connectivity index (χ0) is 19.2. The van der Waals surface area contributed by atoms with E-state index < -0.39 is 10.8 Å². The molecule has 0 bridgehead atoms. The lowest BCUT2D eigenvalue weighted by atomic mass is 10.2. The SMILES string of the molecule is O=C(NCCOc1ccc(-c2cccs2)nn1)c1ccc(Cl)c([N+](=O)[O-])c1. The van der Waals surface area contributed by atoms with Crippen LogP contribution in [0, 0.1) is 10.1 Å². The maximum Gasteiger partial charge on any atom is 0.288 e. The summed E-state index contributed by atoms with van der Waals surface area (Å²) in [4.78, 5) is 23.3. The molecule has 0 fully saturated rings. The average molecular weight is 405 g/mol. The van der Waals surface area contributed by atoms with Crippen molar-refractivity contribution in [1.29, 1.82) is 0 Å². The topological polar surface area (TPSA) is 107 Å². The van der Waals surface area contributed by atoms with E-state index in [1.54, 1.807) is 23.5 Å². The fraction of sp³-hybridized carbons (Fsp3) is 0.118. The standard InChI is InChI=1S/C17H13ClN4O4S/c18-12-4-3-11(10-14(12)22(24)25)17(23)19-7-8-26-16-6-5-13(20-21-16)15-2-1-9-27-15/h1-6,9-10H,7-8H2,(H,19,23). The minimum atomic E-state index is -0.638. The van der Waals surface area contributed by atoms with Crippen LogP contribution in [0.25, 0.3) is 10.6 Å². The van der Waals surface area contributed by atoms with Gasteiger partial charge in [0.15, 0.2) is 0 Å². The summed E-state index contributed by atoms with van der Waals surface area (Å²) in [5.74, 6) is -0.121. The molecule has 0 aliphatic carbocycles. The monoisotopic (exact) mass is 404 g/mol. The molecule has 0 atom stereocenters. The van der Waals surface area contributed by atoms with Gasteiger partial charge in [0.05, 0.1) is 16.3 Å². The Balaban J connectivity index is 1.49. The molecule has 0 aliphatic heterocycles. The van der Waals surface area contributed by atoms with Crippen LogP contribution in [0.1, 0.15) is 10.4 Å². The second-order valence-electron chi connectivity index (χ2n) is 5.26. The molecular weight excluding hydrogens is 392 g/mol. The van der Waals surface area contributed by atoms with Crippen LogP contribution >= 0.6 is 22.9 Å². The van der Waals surface area contributed by atoms with E-state index in [1.807, 2.05) is 17.5 Å². The van der Waals surface area contributed by atoms with Crippen molar-refractivity contribution in [3.63, 3.8) is 0 Å². The Morgan fingerprint density at radius 2 is 2.11 bits per heavy atom. The van der Waals surface area contributed by atoms with Gasteiger partial charge in [-0.2, -0.15) is 0 Å². The minimum absolute atomic E-state index is 0.0237. The molecule has 10 heteroatoms. The van der Waals surface area contributed by atoms with Gasteiger partial charge in [-0.3, -0.25) is 14.9 Å². The number of nitrogens with one attached hydrogen (secondary N) is 1. The molecule has 3 aromatic rings. The van der Waals surface area contributed by atoms with Crippen molar-refractivity contribution in [2.45, 2.75) is 0 Å². The highest BCUT2D eigenvalue weighted by Crippen LogP contribution is 2.25. The number of amides is 1. The number of benzene rings is 1. The Kier molecular flexibility index (Phi) is 5.94. The van der Waals surface area contributed by atoms with E-state index in [1.165, 1.54) is 12.1 Å². The second kappa shape index (κ2) is 8.56. The fourth-order valence-electron chi connectivity index (χ4n) is 2.17. The molecule has 0 saturated heterocycles. The van der Waals surface area contributed by atoms with Crippen LogP contribution < -0.4 is 10.1 Å². The number of carbonyl (C=O) groups excluding carboxylic acids is 1. The number of halogens is 1. The highest BCUT2D eigenvalue weighted by Gasteiger charge is 2.16. The summed E-state index contributed by atoms with van der Waals surface area (Å²) in [7, 11) is 0. The van der Waals surface area contributed by atoms with Gasteiger partial charge in [0.1, 0.15) is 17.3 Å². The van der Waals surface area contributed by atoms with E-state index in [9.17, 15) is 14.9 Å². The number of ether oxygens (including phenoxy) is 1. The van der Waals surface area contributed by atoms with Crippen LogP contribution in [0.5, 0.6) is 5.88 Å². The summed E-state index contributed by atoms with van der Waals surface area (Å²) in [5, 5.41) is 23.5. The summed E-state index contributed by atoms with van der Waals surface area (Å²) < 4.78 is 5.43. The molecule has 0 spiro atoms. The van der Waals surface area contributed by atoms with Gasteiger partial charge in [-0.05, 0) is 29.6 Å². The first-order chi connectivity index (χ1) is 13.0. The van der Waals surface area contributed by atoms with Gasteiger partial charge in [-0.25, -0.2) is 0 Å². The van der Waals surface area contributed by atoms with E-state index in [0.29, 0.717) is 5.88 Å². The van der Waals surface area contributed by atoms with Crippen LogP contribution in [0.2, 0.25) is 5.02 Å². The predicted octanol–water partition coefficient (Wildman–Crippen LogP) is 3.58. The van der Waals surface area contributed by atoms with E-state index in [4.69, 9.17) is 16.3 Å². The van der Waals surface area contributed by atoms with E-state index in [-0.39, 0.29) is 29.4 Å². The molecule has 3 rings (SSSR count). The summed E-state index contributed by atoms with van der Waals surface area (Å²) >= 11 is 7.30. The van der Waals surface area contributed by atoms with Crippen LogP contribution in [0.4, 0.5) is 5.69 Å². The first kappa shape index (κ1) is 18.7. The Morgan fingerprint density at radius 1 is 1.26 bits per heavy atom. The molecular formula is C17H13ClN4O4S. The van der Waals surface area contributed by atoms with Crippen LogP contribution in [-0.4, -0.2) is 34.2 Å². The van der Waals surface area contributed by atoms with Crippen molar-refractivity contribution in [3.05, 3.63) is 68.5 Å². The van der Waals surface area contributed by atoms with Crippen molar-refractivity contribution in [1.82, 2.24) is 15.5 Å². The average Bonchev–Trinajstić information content (AvgIpc) is 3.20. The molecule has 0 saturated carbocycles. The number of carbonyl (C=O) groups is 1. The number of rotatable bonds is 7. The Labute approximate surface area is 162 Å². The molecule has 2 aromatic heterocycles. The third kappa shape index (κ3) is 4.78. The fourth-order valence-corrected chi connectivity index (χ4v) is 3.05. The predicted molar refractivity (Wildman–Crippen MR) is 101 cm³/mol. The lowest BCUT2D eigenvalue weighted by Crippen LogP contribution is -2.28. The van der Waals surface area contributed by atoms with Gasteiger partial charge in [0.25, 0.3) is 11.6 Å². The zero-order valence-electron chi connectivity index (χ0n) is 13.8. The lowest BCUT2D eigenvalue weighted by molar-refractivity contribution is -0.384. The van der Waals surface area contributed by atoms with Gasteiger partial charge in [0.2, 0.25) is 5.88 Å². The molecule has 0 aliphatic rings. The molecule has 2 heterocycles. The highest BCUT2D eigenvalue weighted by molar-refractivity contribution is 7.13. The molecule has 1 amide bonds. The van der Waals surface area contributed by atoms with Crippen molar-refractivity contribution >= 4 is 34.5 Å². The Hall–Kier alpha value is -3.04. The van der Waals surface area contributed by atoms with Gasteiger partial charge >= 0.3 is 0 Å². The molecule has 0 radical (unpaired) electrons. The number of nitro groups is 1. The van der Waals surface area contributed by atoms with Gasteiger partial charge < -0.3 is 10.1 Å². The summed E-state index contributed by atoms with van der Waals surface area (Å²) in [6.45, 7) is 0.373. The van der Waals surface area contributed by atoms with Crippen molar-refractivity contribution < 1.29 is 14.5 Å². The Bertz CT molecular complexity index is 948. The smallest absolute Gasteiger partial charge is 0.288 e. The summed E-state index contributed by atoms with van der Waals surface area (Å²) in [5.41, 5.74) is 0.586. The summed E-state index contributed by atoms with van der Waals surface area (Å²) in [6, 6.07) is 11.3. The quantitative estimate of drug-likeness (QED) is 0.366. The molecule has 138 valence electrons. The highest BCUT2D eigenvalue weighted by atomic mass is 35.5. The third-order valence-corrected chi connectivity index (χ3v) is 4.67. The van der Waals surface area contributed by atoms with E-state index in [2.05, 4.69) is 15.5 Å². The van der Waals surface area contributed by atoms with Gasteiger partial charge in [-0.15, -0.1) is 21.5 Å². The van der Waals surface area contributed by atoms with E-state index in [0.717, 1.165) is 16.6 Å². The number of hydrogen-bond donors (Lipinski definition) is 1. The Morgan fingerprint density at radius 3 is 2.78 bits per heavy atom. The number of thiophene rings is 1.